The van der Waals surface area contributed by atoms with Crippen LogP contribution in [0.15, 0.2) is 60.4 Å². The van der Waals surface area contributed by atoms with Crippen LogP contribution < -0.4 is 14.2 Å². The van der Waals surface area contributed by atoms with E-state index >= 15 is 0 Å². The van der Waals surface area contributed by atoms with Gasteiger partial charge in [-0.3, -0.25) is 4.79 Å². The minimum absolute atomic E-state index is 0.132. The summed E-state index contributed by atoms with van der Waals surface area (Å²) in [6.07, 6.45) is 1.72. The molecule has 1 aliphatic rings. The van der Waals surface area contributed by atoms with Gasteiger partial charge in [0.25, 0.3) is 0 Å². The maximum Gasteiger partial charge on any atom is 0.231 e. The Balaban J connectivity index is 1.81. The number of hydrogen-bond acceptors (Lipinski definition) is 4. The molecule has 2 aromatic carbocycles. The molecule has 0 fully saturated rings. The Hall–Kier alpha value is -3.01. The second-order valence-corrected chi connectivity index (χ2v) is 5.62. The van der Waals surface area contributed by atoms with Crippen LogP contribution in [0.4, 0.5) is 0 Å². The molecule has 1 aliphatic heterocycles. The molecule has 0 spiro atoms. The Morgan fingerprint density at radius 2 is 1.88 bits per heavy atom. The van der Waals surface area contributed by atoms with Gasteiger partial charge < -0.3 is 14.2 Å². The van der Waals surface area contributed by atoms with Crippen molar-refractivity contribution in [2.24, 2.45) is 0 Å². The van der Waals surface area contributed by atoms with Gasteiger partial charge in [-0.05, 0) is 48.4 Å². The maximum atomic E-state index is 12.4. The fourth-order valence-electron chi connectivity index (χ4n) is 2.32. The van der Waals surface area contributed by atoms with Crippen molar-refractivity contribution in [3.63, 3.8) is 0 Å². The topological polar surface area (TPSA) is 44.8 Å². The molecule has 1 heterocycles. The van der Waals surface area contributed by atoms with Crippen molar-refractivity contribution < 1.29 is 19.0 Å². The van der Waals surface area contributed by atoms with E-state index in [-0.39, 0.29) is 5.78 Å². The van der Waals surface area contributed by atoms with Gasteiger partial charge in [0.05, 0.1) is 12.7 Å². The number of carbonyl (C=O) groups excluding carboxylic acids is 1. The van der Waals surface area contributed by atoms with Gasteiger partial charge >= 0.3 is 0 Å². The van der Waals surface area contributed by atoms with Crippen LogP contribution in [0.25, 0.3) is 6.08 Å². The predicted octanol–water partition coefficient (Wildman–Crippen LogP) is 4.27. The number of carbonyl (C=O) groups is 1. The fourth-order valence-corrected chi connectivity index (χ4v) is 2.32. The molecular weight excluding hydrogens is 304 g/mol. The van der Waals surface area contributed by atoms with Crippen molar-refractivity contribution in [2.45, 2.75) is 6.92 Å². The summed E-state index contributed by atoms with van der Waals surface area (Å²) < 4.78 is 16.4. The third-order valence-electron chi connectivity index (χ3n) is 3.54. The number of rotatable bonds is 5. The molecule has 0 bridgehead atoms. The molecule has 0 aromatic heterocycles. The molecule has 0 aliphatic carbocycles. The summed E-state index contributed by atoms with van der Waals surface area (Å²) in [6, 6.07) is 12.6. The Morgan fingerprint density at radius 3 is 2.54 bits per heavy atom. The molecule has 2 aromatic rings. The van der Waals surface area contributed by atoms with E-state index in [9.17, 15) is 4.79 Å². The van der Waals surface area contributed by atoms with Crippen LogP contribution >= 0.6 is 0 Å². The van der Waals surface area contributed by atoms with E-state index in [1.54, 1.807) is 31.4 Å². The molecule has 0 saturated heterocycles. The van der Waals surface area contributed by atoms with Gasteiger partial charge in [-0.15, -0.1) is 0 Å². The molecule has 4 heteroatoms. The van der Waals surface area contributed by atoms with Gasteiger partial charge in [-0.25, -0.2) is 0 Å². The average molecular weight is 322 g/mol. The van der Waals surface area contributed by atoms with Crippen LogP contribution in [-0.2, 0) is 0 Å². The van der Waals surface area contributed by atoms with Crippen molar-refractivity contribution in [1.82, 2.24) is 0 Å². The van der Waals surface area contributed by atoms with Crippen LogP contribution in [0.2, 0.25) is 0 Å². The third kappa shape index (κ3) is 3.33. The Bertz CT molecular complexity index is 816. The smallest absolute Gasteiger partial charge is 0.231 e. The molecule has 24 heavy (non-hydrogen) atoms. The molecule has 0 radical (unpaired) electrons. The van der Waals surface area contributed by atoms with E-state index in [1.807, 2.05) is 31.2 Å². The van der Waals surface area contributed by atoms with E-state index in [2.05, 4.69) is 6.58 Å². The molecule has 0 unspecified atom stereocenters. The number of methoxy groups -OCH3 is 1. The van der Waals surface area contributed by atoms with E-state index < -0.39 is 0 Å². The lowest BCUT2D eigenvalue weighted by Crippen LogP contribution is -1.98. The van der Waals surface area contributed by atoms with Gasteiger partial charge in [-0.2, -0.15) is 0 Å². The number of hydrogen-bond donors (Lipinski definition) is 0. The number of benzene rings is 2. The lowest BCUT2D eigenvalue weighted by molar-refractivity contribution is 0.101. The maximum absolute atomic E-state index is 12.4. The van der Waals surface area contributed by atoms with E-state index in [4.69, 9.17) is 14.2 Å². The molecule has 0 amide bonds. The normalized spacial score (nSPS) is 14.2. The van der Waals surface area contributed by atoms with Gasteiger partial charge in [0, 0.05) is 6.07 Å². The first-order valence-corrected chi connectivity index (χ1v) is 7.56. The Morgan fingerprint density at radius 1 is 1.17 bits per heavy atom. The van der Waals surface area contributed by atoms with Crippen molar-refractivity contribution in [3.8, 4) is 17.2 Å². The highest BCUT2D eigenvalue weighted by Crippen LogP contribution is 2.35. The van der Waals surface area contributed by atoms with E-state index in [0.29, 0.717) is 29.4 Å². The van der Waals surface area contributed by atoms with E-state index in [1.165, 1.54) is 0 Å². The zero-order valence-corrected chi connectivity index (χ0v) is 13.7. The van der Waals surface area contributed by atoms with Crippen LogP contribution in [0, 0.1) is 0 Å². The molecule has 122 valence electrons. The number of ketones is 1. The summed E-state index contributed by atoms with van der Waals surface area (Å²) in [5.74, 6) is 2.09. The van der Waals surface area contributed by atoms with Crippen LogP contribution in [0.3, 0.4) is 0 Å². The fraction of sp³-hybridized carbons (Fsp3) is 0.150. The largest absolute Gasteiger partial charge is 0.497 e. The summed E-state index contributed by atoms with van der Waals surface area (Å²) in [6.45, 7) is 6.12. The van der Waals surface area contributed by atoms with Gasteiger partial charge in [0.2, 0.25) is 5.78 Å². The SMILES string of the molecule is C=C(C)COc1ccc2c(c1)O/C(=C/c1ccc(OC)cc1)C2=O. The number of ether oxygens (including phenoxy) is 3. The average Bonchev–Trinajstić information content (AvgIpc) is 2.89. The lowest BCUT2D eigenvalue weighted by atomic mass is 10.1. The Labute approximate surface area is 141 Å². The van der Waals surface area contributed by atoms with Crippen molar-refractivity contribution >= 4 is 11.9 Å². The molecule has 4 nitrogen and oxygen atoms in total. The summed E-state index contributed by atoms with van der Waals surface area (Å²) in [5, 5.41) is 0. The summed E-state index contributed by atoms with van der Waals surface area (Å²) in [5.41, 5.74) is 2.33. The highest BCUT2D eigenvalue weighted by molar-refractivity contribution is 6.14. The molecule has 0 saturated carbocycles. The minimum atomic E-state index is -0.132. The first kappa shape index (κ1) is 15.9. The molecular formula is C20H18O4. The minimum Gasteiger partial charge on any atom is -0.497 e. The zero-order chi connectivity index (χ0) is 17.1. The summed E-state index contributed by atoms with van der Waals surface area (Å²) >= 11 is 0. The first-order chi connectivity index (χ1) is 11.6. The monoisotopic (exact) mass is 322 g/mol. The quantitative estimate of drug-likeness (QED) is 0.609. The highest BCUT2D eigenvalue weighted by atomic mass is 16.5. The second kappa shape index (κ2) is 6.62. The van der Waals surface area contributed by atoms with Crippen LogP contribution in [0.1, 0.15) is 22.8 Å². The zero-order valence-electron chi connectivity index (χ0n) is 13.7. The van der Waals surface area contributed by atoms with Crippen LogP contribution in [0.5, 0.6) is 17.2 Å². The summed E-state index contributed by atoms with van der Waals surface area (Å²) in [7, 11) is 1.61. The van der Waals surface area contributed by atoms with Crippen molar-refractivity contribution in [2.75, 3.05) is 13.7 Å². The molecule has 3 rings (SSSR count). The number of Topliss-reactive ketones (excluding diaryl/α,β-unsaturated/α-hetero) is 1. The standard InChI is InChI=1S/C20H18O4/c1-13(2)12-23-16-8-9-17-18(11-16)24-19(20(17)21)10-14-4-6-15(22-3)7-5-14/h4-11H,1,12H2,2-3H3/b19-10+. The molecule has 0 atom stereocenters. The predicted molar refractivity (Wildman–Crippen MR) is 92.7 cm³/mol. The highest BCUT2D eigenvalue weighted by Gasteiger charge is 2.27. The van der Waals surface area contributed by atoms with Crippen LogP contribution in [-0.4, -0.2) is 19.5 Å². The Kier molecular flexibility index (Phi) is 4.38. The summed E-state index contributed by atoms with van der Waals surface area (Å²) in [4.78, 5) is 12.4. The number of allylic oxidation sites excluding steroid dienone is 1. The first-order valence-electron chi connectivity index (χ1n) is 7.56. The van der Waals surface area contributed by atoms with E-state index in [0.717, 1.165) is 16.9 Å². The van der Waals surface area contributed by atoms with Crippen molar-refractivity contribution in [1.29, 1.82) is 0 Å². The lowest BCUT2D eigenvalue weighted by Gasteiger charge is -2.06. The second-order valence-electron chi connectivity index (χ2n) is 5.62. The third-order valence-corrected chi connectivity index (χ3v) is 3.54. The molecule has 0 N–H and O–H groups in total. The van der Waals surface area contributed by atoms with Gasteiger partial charge in [0.1, 0.15) is 23.9 Å². The number of fused-ring (bicyclic) bond motifs is 1. The van der Waals surface area contributed by atoms with Gasteiger partial charge in [0.15, 0.2) is 5.76 Å². The van der Waals surface area contributed by atoms with Crippen molar-refractivity contribution in [3.05, 3.63) is 71.5 Å². The van der Waals surface area contributed by atoms with Gasteiger partial charge in [-0.1, -0.05) is 18.7 Å².